The smallest absolute Gasteiger partial charge is 0.0253 e. The summed E-state index contributed by atoms with van der Waals surface area (Å²) in [6.45, 7) is 16.2. The third-order valence-electron chi connectivity index (χ3n) is 3.94. The molecule has 1 fully saturated rings. The molecule has 1 saturated heterocycles. The van der Waals surface area contributed by atoms with Crippen molar-refractivity contribution in [1.82, 2.24) is 10.2 Å². The van der Waals surface area contributed by atoms with Crippen molar-refractivity contribution in [3.8, 4) is 0 Å². The van der Waals surface area contributed by atoms with Crippen LogP contribution in [0.1, 0.15) is 54.4 Å². The maximum Gasteiger partial charge on any atom is 0.0253 e. The lowest BCUT2D eigenvalue weighted by Gasteiger charge is -2.51. The van der Waals surface area contributed by atoms with Crippen LogP contribution in [-0.4, -0.2) is 35.1 Å². The van der Waals surface area contributed by atoms with E-state index in [1.54, 1.807) is 0 Å². The Labute approximate surface area is 95.4 Å². The highest BCUT2D eigenvalue weighted by Crippen LogP contribution is 2.27. The maximum absolute atomic E-state index is 3.64. The lowest BCUT2D eigenvalue weighted by atomic mass is 9.89. The SMILES string of the molecule is CCC1CNC(C)(C)CN1C(C)(C)CC. The van der Waals surface area contributed by atoms with Crippen LogP contribution in [-0.2, 0) is 0 Å². The summed E-state index contributed by atoms with van der Waals surface area (Å²) < 4.78 is 0. The van der Waals surface area contributed by atoms with E-state index in [2.05, 4.69) is 51.8 Å². The number of nitrogens with one attached hydrogen (secondary N) is 1. The van der Waals surface area contributed by atoms with Crippen LogP contribution in [0.5, 0.6) is 0 Å². The minimum atomic E-state index is 0.262. The molecule has 1 unspecified atom stereocenters. The monoisotopic (exact) mass is 212 g/mol. The van der Waals surface area contributed by atoms with Crippen molar-refractivity contribution >= 4 is 0 Å². The molecule has 1 heterocycles. The highest BCUT2D eigenvalue weighted by atomic mass is 15.3. The summed E-state index contributed by atoms with van der Waals surface area (Å²) in [5.41, 5.74) is 0.595. The van der Waals surface area contributed by atoms with Gasteiger partial charge in [0.2, 0.25) is 0 Å². The van der Waals surface area contributed by atoms with Gasteiger partial charge >= 0.3 is 0 Å². The third-order valence-corrected chi connectivity index (χ3v) is 3.94. The van der Waals surface area contributed by atoms with Gasteiger partial charge in [0.1, 0.15) is 0 Å². The molecule has 1 aliphatic rings. The molecule has 0 radical (unpaired) electrons. The standard InChI is InChI=1S/C13H28N2/c1-7-11-9-14-12(3,4)10-15(11)13(5,6)8-2/h11,14H,7-10H2,1-6H3. The molecule has 0 aromatic heterocycles. The summed E-state index contributed by atoms with van der Waals surface area (Å²) in [4.78, 5) is 2.70. The van der Waals surface area contributed by atoms with Crippen LogP contribution in [0.2, 0.25) is 0 Å². The summed E-state index contributed by atoms with van der Waals surface area (Å²) in [5.74, 6) is 0. The van der Waals surface area contributed by atoms with Crippen molar-refractivity contribution < 1.29 is 0 Å². The molecule has 90 valence electrons. The summed E-state index contributed by atoms with van der Waals surface area (Å²) in [6, 6.07) is 0.702. The highest BCUT2D eigenvalue weighted by Gasteiger charge is 2.38. The average molecular weight is 212 g/mol. The zero-order chi connectivity index (χ0) is 11.7. The van der Waals surface area contributed by atoms with Gasteiger partial charge < -0.3 is 5.32 Å². The zero-order valence-electron chi connectivity index (χ0n) is 11.4. The normalized spacial score (nSPS) is 28.0. The fourth-order valence-electron chi connectivity index (χ4n) is 2.39. The molecule has 1 atom stereocenters. The largest absolute Gasteiger partial charge is 0.309 e. The molecule has 0 aromatic rings. The van der Waals surface area contributed by atoms with Crippen molar-refractivity contribution in [3.63, 3.8) is 0 Å². The van der Waals surface area contributed by atoms with E-state index in [4.69, 9.17) is 0 Å². The summed E-state index contributed by atoms with van der Waals surface area (Å²) >= 11 is 0. The lowest BCUT2D eigenvalue weighted by molar-refractivity contribution is 0.00593. The highest BCUT2D eigenvalue weighted by molar-refractivity contribution is 4.97. The van der Waals surface area contributed by atoms with Gasteiger partial charge in [-0.3, -0.25) is 4.90 Å². The molecule has 0 saturated carbocycles. The van der Waals surface area contributed by atoms with Gasteiger partial charge in [0.15, 0.2) is 0 Å². The van der Waals surface area contributed by atoms with Crippen LogP contribution in [0.15, 0.2) is 0 Å². The number of piperazine rings is 1. The van der Waals surface area contributed by atoms with Crippen molar-refractivity contribution in [2.45, 2.75) is 71.5 Å². The maximum atomic E-state index is 3.64. The minimum Gasteiger partial charge on any atom is -0.309 e. The van der Waals surface area contributed by atoms with Crippen LogP contribution in [0, 0.1) is 0 Å². The second kappa shape index (κ2) is 4.42. The molecule has 1 N–H and O–H groups in total. The van der Waals surface area contributed by atoms with Crippen LogP contribution in [0.4, 0.5) is 0 Å². The zero-order valence-corrected chi connectivity index (χ0v) is 11.4. The number of hydrogen-bond acceptors (Lipinski definition) is 2. The minimum absolute atomic E-state index is 0.262. The molecule has 2 heteroatoms. The quantitative estimate of drug-likeness (QED) is 0.773. The first-order chi connectivity index (χ1) is 6.82. The van der Waals surface area contributed by atoms with Gasteiger partial charge in [0, 0.05) is 30.2 Å². The number of rotatable bonds is 3. The van der Waals surface area contributed by atoms with Gasteiger partial charge in [-0.05, 0) is 40.5 Å². The second-order valence-electron chi connectivity index (χ2n) is 6.12. The second-order valence-corrected chi connectivity index (χ2v) is 6.12. The van der Waals surface area contributed by atoms with E-state index in [9.17, 15) is 0 Å². The Morgan fingerprint density at radius 3 is 2.40 bits per heavy atom. The molecule has 2 nitrogen and oxygen atoms in total. The van der Waals surface area contributed by atoms with E-state index in [0.29, 0.717) is 11.6 Å². The molecule has 1 rings (SSSR count). The van der Waals surface area contributed by atoms with E-state index < -0.39 is 0 Å². The Kier molecular flexibility index (Phi) is 3.83. The molecular formula is C13H28N2. The molecule has 0 spiro atoms. The van der Waals surface area contributed by atoms with E-state index >= 15 is 0 Å². The van der Waals surface area contributed by atoms with E-state index in [1.165, 1.54) is 12.8 Å². The fourth-order valence-corrected chi connectivity index (χ4v) is 2.39. The Hall–Kier alpha value is -0.0800. The Morgan fingerprint density at radius 2 is 1.93 bits per heavy atom. The van der Waals surface area contributed by atoms with Crippen LogP contribution in [0.25, 0.3) is 0 Å². The molecule has 0 amide bonds. The summed E-state index contributed by atoms with van der Waals surface area (Å²) in [5, 5.41) is 3.64. The molecule has 0 bridgehead atoms. The lowest BCUT2D eigenvalue weighted by Crippen LogP contribution is -2.66. The van der Waals surface area contributed by atoms with Gasteiger partial charge in [-0.15, -0.1) is 0 Å². The topological polar surface area (TPSA) is 15.3 Å². The van der Waals surface area contributed by atoms with Gasteiger partial charge in [0.05, 0.1) is 0 Å². The molecule has 0 aromatic carbocycles. The van der Waals surface area contributed by atoms with E-state index in [-0.39, 0.29) is 5.54 Å². The molecule has 15 heavy (non-hydrogen) atoms. The van der Waals surface area contributed by atoms with Crippen molar-refractivity contribution in [2.24, 2.45) is 0 Å². The average Bonchev–Trinajstić information content (AvgIpc) is 2.16. The summed E-state index contributed by atoms with van der Waals surface area (Å²) in [7, 11) is 0. The predicted molar refractivity (Wildman–Crippen MR) is 67.2 cm³/mol. The Bertz CT molecular complexity index is 209. The van der Waals surface area contributed by atoms with Crippen LogP contribution >= 0.6 is 0 Å². The number of hydrogen-bond donors (Lipinski definition) is 1. The molecular weight excluding hydrogens is 184 g/mol. The third kappa shape index (κ3) is 2.94. The number of nitrogens with zero attached hydrogens (tertiary/aromatic N) is 1. The van der Waals surface area contributed by atoms with Crippen molar-refractivity contribution in [3.05, 3.63) is 0 Å². The van der Waals surface area contributed by atoms with E-state index in [0.717, 1.165) is 13.1 Å². The van der Waals surface area contributed by atoms with E-state index in [1.807, 2.05) is 0 Å². The van der Waals surface area contributed by atoms with Crippen LogP contribution < -0.4 is 5.32 Å². The van der Waals surface area contributed by atoms with Crippen molar-refractivity contribution in [1.29, 1.82) is 0 Å². The molecule has 0 aliphatic carbocycles. The fraction of sp³-hybridized carbons (Fsp3) is 1.00. The first-order valence-electron chi connectivity index (χ1n) is 6.34. The van der Waals surface area contributed by atoms with Gasteiger partial charge in [-0.1, -0.05) is 13.8 Å². The Morgan fingerprint density at radius 1 is 1.33 bits per heavy atom. The van der Waals surface area contributed by atoms with Gasteiger partial charge in [0.25, 0.3) is 0 Å². The Balaban J connectivity index is 2.80. The first kappa shape index (κ1) is 13.0. The van der Waals surface area contributed by atoms with Crippen LogP contribution in [0.3, 0.4) is 0 Å². The first-order valence-corrected chi connectivity index (χ1v) is 6.34. The molecule has 1 aliphatic heterocycles. The van der Waals surface area contributed by atoms with Gasteiger partial charge in [-0.2, -0.15) is 0 Å². The summed E-state index contributed by atoms with van der Waals surface area (Å²) in [6.07, 6.45) is 2.46. The van der Waals surface area contributed by atoms with Gasteiger partial charge in [-0.25, -0.2) is 0 Å². The predicted octanol–water partition coefficient (Wildman–Crippen LogP) is 2.64. The van der Waals surface area contributed by atoms with Crippen molar-refractivity contribution in [2.75, 3.05) is 13.1 Å².